The Kier molecular flexibility index (Phi) is 3.08. The van der Waals surface area contributed by atoms with Crippen molar-refractivity contribution >= 4 is 21.4 Å². The van der Waals surface area contributed by atoms with Crippen molar-refractivity contribution in [1.29, 1.82) is 0 Å². The maximum absolute atomic E-state index is 12.0. The number of nitrogens with one attached hydrogen (secondary N) is 1. The Balaban J connectivity index is 2.19. The van der Waals surface area contributed by atoms with Crippen molar-refractivity contribution in [3.05, 3.63) is 34.7 Å². The molecule has 0 unspecified atom stereocenters. The first-order valence-electron chi connectivity index (χ1n) is 4.59. The maximum Gasteiger partial charge on any atom is 0.260 e. The topological polar surface area (TPSA) is 66.1 Å². The first-order valence-corrected chi connectivity index (χ1v) is 6.91. The monoisotopic (exact) mass is 257 g/mol. The summed E-state index contributed by atoms with van der Waals surface area (Å²) in [6.45, 7) is 0.374. The van der Waals surface area contributed by atoms with Gasteiger partial charge in [0.2, 0.25) is 0 Å². The summed E-state index contributed by atoms with van der Waals surface area (Å²) in [6.07, 6.45) is 1.42. The SMILES string of the molecule is CN(Cc1cccs1)S(=O)(=O)c1ccn[nH]1. The number of sulfonamides is 1. The molecule has 0 radical (unpaired) electrons. The fraction of sp³-hybridized carbons (Fsp3) is 0.222. The van der Waals surface area contributed by atoms with Crippen LogP contribution < -0.4 is 0 Å². The van der Waals surface area contributed by atoms with Crippen LogP contribution in [0.5, 0.6) is 0 Å². The number of H-pyrrole nitrogens is 1. The molecule has 5 nitrogen and oxygen atoms in total. The van der Waals surface area contributed by atoms with Crippen LogP contribution >= 0.6 is 11.3 Å². The van der Waals surface area contributed by atoms with Crippen molar-refractivity contribution in [2.75, 3.05) is 7.05 Å². The van der Waals surface area contributed by atoms with Gasteiger partial charge in [0.15, 0.2) is 5.03 Å². The molecule has 86 valence electrons. The van der Waals surface area contributed by atoms with Crippen LogP contribution in [-0.4, -0.2) is 30.0 Å². The number of aromatic nitrogens is 2. The van der Waals surface area contributed by atoms with Gasteiger partial charge in [-0.25, -0.2) is 8.42 Å². The first kappa shape index (κ1) is 11.3. The zero-order valence-electron chi connectivity index (χ0n) is 8.62. The molecule has 0 aliphatic heterocycles. The van der Waals surface area contributed by atoms with Gasteiger partial charge >= 0.3 is 0 Å². The minimum Gasteiger partial charge on any atom is -0.266 e. The smallest absolute Gasteiger partial charge is 0.260 e. The van der Waals surface area contributed by atoms with E-state index in [1.165, 1.54) is 27.9 Å². The molecule has 2 aromatic rings. The van der Waals surface area contributed by atoms with Crippen LogP contribution in [0.3, 0.4) is 0 Å². The van der Waals surface area contributed by atoms with Gasteiger partial charge in [0.05, 0.1) is 6.20 Å². The Morgan fingerprint density at radius 1 is 1.50 bits per heavy atom. The van der Waals surface area contributed by atoms with Crippen molar-refractivity contribution in [2.24, 2.45) is 0 Å². The fourth-order valence-electron chi connectivity index (χ4n) is 1.26. The second-order valence-electron chi connectivity index (χ2n) is 3.26. The van der Waals surface area contributed by atoms with Crippen LogP contribution in [0.15, 0.2) is 34.8 Å². The molecule has 0 amide bonds. The van der Waals surface area contributed by atoms with E-state index in [1.807, 2.05) is 17.5 Å². The van der Waals surface area contributed by atoms with Crippen LogP contribution in [0.25, 0.3) is 0 Å². The van der Waals surface area contributed by atoms with Gasteiger partial charge < -0.3 is 0 Å². The van der Waals surface area contributed by atoms with Crippen molar-refractivity contribution in [3.8, 4) is 0 Å². The predicted molar refractivity (Wildman–Crippen MR) is 61.6 cm³/mol. The summed E-state index contributed by atoms with van der Waals surface area (Å²) < 4.78 is 25.3. The third-order valence-electron chi connectivity index (χ3n) is 2.12. The molecular weight excluding hydrogens is 246 g/mol. The van der Waals surface area contributed by atoms with E-state index < -0.39 is 10.0 Å². The Bertz CT molecular complexity index is 531. The third-order valence-corrected chi connectivity index (χ3v) is 4.72. The number of aromatic amines is 1. The first-order chi connectivity index (χ1) is 7.60. The van der Waals surface area contributed by atoms with E-state index in [1.54, 1.807) is 7.05 Å². The Morgan fingerprint density at radius 3 is 2.88 bits per heavy atom. The van der Waals surface area contributed by atoms with Crippen molar-refractivity contribution in [3.63, 3.8) is 0 Å². The zero-order chi connectivity index (χ0) is 11.6. The lowest BCUT2D eigenvalue weighted by atomic mass is 10.5. The summed E-state index contributed by atoms with van der Waals surface area (Å²) in [4.78, 5) is 1.01. The summed E-state index contributed by atoms with van der Waals surface area (Å²) in [5.74, 6) is 0. The molecule has 2 heterocycles. The number of hydrogen-bond donors (Lipinski definition) is 1. The number of nitrogens with zero attached hydrogens (tertiary/aromatic N) is 2. The second-order valence-corrected chi connectivity index (χ2v) is 6.31. The molecule has 2 aromatic heterocycles. The van der Waals surface area contributed by atoms with E-state index in [4.69, 9.17) is 0 Å². The minimum atomic E-state index is -3.45. The number of hydrogen-bond acceptors (Lipinski definition) is 4. The number of thiophene rings is 1. The molecule has 0 spiro atoms. The molecule has 0 saturated carbocycles. The van der Waals surface area contributed by atoms with Gasteiger partial charge in [0.25, 0.3) is 10.0 Å². The predicted octanol–water partition coefficient (Wildman–Crippen LogP) is 1.29. The zero-order valence-corrected chi connectivity index (χ0v) is 10.3. The standard InChI is InChI=1S/C9H11N3O2S2/c1-12(7-8-3-2-6-15-8)16(13,14)9-4-5-10-11-9/h2-6H,7H2,1H3,(H,10,11). The van der Waals surface area contributed by atoms with Gasteiger partial charge in [-0.05, 0) is 17.5 Å². The Labute approximate surface area is 97.8 Å². The summed E-state index contributed by atoms with van der Waals surface area (Å²) >= 11 is 1.53. The minimum absolute atomic E-state index is 0.117. The molecule has 0 atom stereocenters. The van der Waals surface area contributed by atoms with Gasteiger partial charge in [0.1, 0.15) is 0 Å². The second kappa shape index (κ2) is 4.36. The highest BCUT2D eigenvalue weighted by Crippen LogP contribution is 2.16. The molecule has 0 saturated heterocycles. The molecule has 16 heavy (non-hydrogen) atoms. The molecule has 2 rings (SSSR count). The molecular formula is C9H11N3O2S2. The highest BCUT2D eigenvalue weighted by molar-refractivity contribution is 7.89. The average Bonchev–Trinajstić information content (AvgIpc) is 2.89. The van der Waals surface area contributed by atoms with Gasteiger partial charge in [-0.3, -0.25) is 5.10 Å². The van der Waals surface area contributed by atoms with Gasteiger partial charge in [-0.1, -0.05) is 6.07 Å². The van der Waals surface area contributed by atoms with E-state index >= 15 is 0 Å². The molecule has 0 aliphatic rings. The molecule has 0 aromatic carbocycles. The quantitative estimate of drug-likeness (QED) is 0.897. The van der Waals surface area contributed by atoms with Crippen LogP contribution in [0.1, 0.15) is 4.88 Å². The molecule has 0 bridgehead atoms. The van der Waals surface area contributed by atoms with Crippen LogP contribution in [0.2, 0.25) is 0 Å². The van der Waals surface area contributed by atoms with E-state index in [0.717, 1.165) is 4.88 Å². The largest absolute Gasteiger partial charge is 0.266 e. The Hall–Kier alpha value is -1.18. The third kappa shape index (κ3) is 2.16. The Morgan fingerprint density at radius 2 is 2.31 bits per heavy atom. The van der Waals surface area contributed by atoms with Crippen molar-refractivity contribution in [2.45, 2.75) is 11.6 Å². The van der Waals surface area contributed by atoms with E-state index in [0.29, 0.717) is 6.54 Å². The summed E-state index contributed by atoms with van der Waals surface area (Å²) in [7, 11) is -1.90. The lowest BCUT2D eigenvalue weighted by Crippen LogP contribution is -2.26. The lowest BCUT2D eigenvalue weighted by molar-refractivity contribution is 0.466. The normalized spacial score (nSPS) is 12.1. The van der Waals surface area contributed by atoms with E-state index in [9.17, 15) is 8.42 Å². The van der Waals surface area contributed by atoms with Gasteiger partial charge in [0, 0.05) is 18.5 Å². The highest BCUT2D eigenvalue weighted by Gasteiger charge is 2.22. The summed E-state index contributed by atoms with van der Waals surface area (Å²) in [5.41, 5.74) is 0. The van der Waals surface area contributed by atoms with E-state index in [2.05, 4.69) is 10.2 Å². The van der Waals surface area contributed by atoms with E-state index in [-0.39, 0.29) is 5.03 Å². The maximum atomic E-state index is 12.0. The average molecular weight is 257 g/mol. The summed E-state index contributed by atoms with van der Waals surface area (Å²) in [6, 6.07) is 5.25. The van der Waals surface area contributed by atoms with Gasteiger partial charge in [-0.15, -0.1) is 11.3 Å². The summed E-state index contributed by atoms with van der Waals surface area (Å²) in [5, 5.41) is 8.14. The van der Waals surface area contributed by atoms with Crippen LogP contribution in [0.4, 0.5) is 0 Å². The highest BCUT2D eigenvalue weighted by atomic mass is 32.2. The number of rotatable bonds is 4. The van der Waals surface area contributed by atoms with Crippen LogP contribution in [0, 0.1) is 0 Å². The molecule has 0 fully saturated rings. The van der Waals surface area contributed by atoms with Gasteiger partial charge in [-0.2, -0.15) is 9.40 Å². The fourth-order valence-corrected chi connectivity index (χ4v) is 3.15. The van der Waals surface area contributed by atoms with Crippen molar-refractivity contribution < 1.29 is 8.42 Å². The molecule has 1 N–H and O–H groups in total. The van der Waals surface area contributed by atoms with Crippen LogP contribution in [-0.2, 0) is 16.6 Å². The molecule has 0 aliphatic carbocycles. The lowest BCUT2D eigenvalue weighted by Gasteiger charge is -2.14. The molecule has 7 heteroatoms. The van der Waals surface area contributed by atoms with Crippen molar-refractivity contribution in [1.82, 2.24) is 14.5 Å².